The molecule has 2 aromatic heterocycles. The number of Topliss-reactive ketones (excluding diaryl/α,β-unsaturated/α-hetero) is 1. The van der Waals surface area contributed by atoms with E-state index in [0.29, 0.717) is 43.0 Å². The largest absolute Gasteiger partial charge is 0.486 e. The summed E-state index contributed by atoms with van der Waals surface area (Å²) in [7, 11) is 0. The molecule has 1 aromatic carbocycles. The van der Waals surface area contributed by atoms with E-state index in [2.05, 4.69) is 9.97 Å². The second kappa shape index (κ2) is 9.80. The molecule has 0 bridgehead atoms. The van der Waals surface area contributed by atoms with Crippen molar-refractivity contribution in [3.05, 3.63) is 50.8 Å². The van der Waals surface area contributed by atoms with Gasteiger partial charge in [0, 0.05) is 18.7 Å². The first kappa shape index (κ1) is 23.7. The van der Waals surface area contributed by atoms with Crippen molar-refractivity contribution < 1.29 is 14.3 Å². The molecule has 10 nitrogen and oxygen atoms in total. The van der Waals surface area contributed by atoms with E-state index in [1.54, 1.807) is 6.20 Å². The molecule has 0 amide bonds. The third kappa shape index (κ3) is 4.60. The van der Waals surface area contributed by atoms with Crippen LogP contribution in [0.2, 0.25) is 0 Å². The molecule has 1 aliphatic heterocycles. The van der Waals surface area contributed by atoms with Gasteiger partial charge in [0.2, 0.25) is 0 Å². The Bertz CT molecular complexity index is 1340. The minimum absolute atomic E-state index is 0.0508. The van der Waals surface area contributed by atoms with Crippen LogP contribution in [0.5, 0.6) is 11.5 Å². The van der Waals surface area contributed by atoms with Crippen molar-refractivity contribution in [1.82, 2.24) is 19.1 Å². The number of carbonyl (C=O) groups excluding carboxylic acids is 1. The number of imidazole rings is 1. The minimum atomic E-state index is -0.774. The maximum atomic E-state index is 12.9. The fourth-order valence-corrected chi connectivity index (χ4v) is 4.73. The lowest BCUT2D eigenvalue weighted by atomic mass is 10.1. The van der Waals surface area contributed by atoms with Crippen LogP contribution in [-0.2, 0) is 13.1 Å². The number of nitrogens with one attached hydrogen (secondary N) is 1. The van der Waals surface area contributed by atoms with Crippen molar-refractivity contribution in [3.63, 3.8) is 0 Å². The highest BCUT2D eigenvalue weighted by Crippen LogP contribution is 2.35. The van der Waals surface area contributed by atoms with Crippen LogP contribution in [0.15, 0.2) is 39.1 Å². The number of anilines is 1. The lowest BCUT2D eigenvalue weighted by Gasteiger charge is -2.19. The molecule has 0 radical (unpaired) electrons. The van der Waals surface area contributed by atoms with Crippen molar-refractivity contribution in [2.24, 2.45) is 5.92 Å². The van der Waals surface area contributed by atoms with E-state index in [1.165, 1.54) is 16.3 Å². The molecule has 34 heavy (non-hydrogen) atoms. The van der Waals surface area contributed by atoms with E-state index < -0.39 is 17.0 Å². The highest BCUT2D eigenvalue weighted by atomic mass is 32.2. The zero-order valence-corrected chi connectivity index (χ0v) is 20.1. The van der Waals surface area contributed by atoms with E-state index in [9.17, 15) is 14.4 Å². The van der Waals surface area contributed by atoms with Crippen LogP contribution >= 0.6 is 11.8 Å². The number of hydrogen-bond acceptors (Lipinski definition) is 8. The number of H-pyrrole nitrogens is 1. The summed E-state index contributed by atoms with van der Waals surface area (Å²) in [6, 6.07) is 5.72. The Labute approximate surface area is 200 Å². The second-order valence-corrected chi connectivity index (χ2v) is 9.21. The SMILES string of the molecule is CCn1c(-c2ccc3c(c2)OCCO3)cnc1SCC(=O)c1c(N)n(CC(C)C)c(=O)[nH]c1=O. The highest BCUT2D eigenvalue weighted by Gasteiger charge is 2.22. The first-order chi connectivity index (χ1) is 16.3. The lowest BCUT2D eigenvalue weighted by molar-refractivity contribution is 0.102. The molecule has 0 saturated heterocycles. The van der Waals surface area contributed by atoms with Gasteiger partial charge in [-0.05, 0) is 31.0 Å². The van der Waals surface area contributed by atoms with Crippen LogP contribution in [0.4, 0.5) is 5.82 Å². The predicted octanol–water partition coefficient (Wildman–Crippen LogP) is 2.40. The van der Waals surface area contributed by atoms with Crippen molar-refractivity contribution in [3.8, 4) is 22.8 Å². The zero-order valence-electron chi connectivity index (χ0n) is 19.3. The average molecular weight is 486 g/mol. The number of nitrogen functional groups attached to an aromatic ring is 1. The molecule has 0 aliphatic carbocycles. The second-order valence-electron chi connectivity index (χ2n) is 8.26. The van der Waals surface area contributed by atoms with Crippen LogP contribution in [-0.4, -0.2) is 43.9 Å². The van der Waals surface area contributed by atoms with Gasteiger partial charge in [-0.3, -0.25) is 19.1 Å². The van der Waals surface area contributed by atoms with Crippen LogP contribution < -0.4 is 26.5 Å². The maximum Gasteiger partial charge on any atom is 0.329 e. The number of nitrogens with zero attached hydrogens (tertiary/aromatic N) is 3. The number of fused-ring (bicyclic) bond motifs is 1. The Morgan fingerprint density at radius 3 is 2.65 bits per heavy atom. The number of hydrogen-bond donors (Lipinski definition) is 2. The van der Waals surface area contributed by atoms with Gasteiger partial charge in [-0.1, -0.05) is 25.6 Å². The zero-order chi connectivity index (χ0) is 24.4. The molecule has 0 saturated carbocycles. The summed E-state index contributed by atoms with van der Waals surface area (Å²) < 4.78 is 14.5. The number of aromatic nitrogens is 4. The smallest absolute Gasteiger partial charge is 0.329 e. The summed E-state index contributed by atoms with van der Waals surface area (Å²) in [5.41, 5.74) is 6.26. The summed E-state index contributed by atoms with van der Waals surface area (Å²) in [5.74, 6) is 0.878. The van der Waals surface area contributed by atoms with E-state index in [-0.39, 0.29) is 23.1 Å². The van der Waals surface area contributed by atoms with Gasteiger partial charge in [-0.2, -0.15) is 0 Å². The number of benzene rings is 1. The molecule has 0 unspecified atom stereocenters. The van der Waals surface area contributed by atoms with Crippen LogP contribution in [0.25, 0.3) is 11.3 Å². The molecule has 1 aliphatic rings. The Morgan fingerprint density at radius 1 is 1.21 bits per heavy atom. The highest BCUT2D eigenvalue weighted by molar-refractivity contribution is 7.99. The van der Waals surface area contributed by atoms with Crippen LogP contribution in [0, 0.1) is 5.92 Å². The minimum Gasteiger partial charge on any atom is -0.486 e. The quantitative estimate of drug-likeness (QED) is 0.367. The summed E-state index contributed by atoms with van der Waals surface area (Å²) in [5, 5.41) is 0.631. The topological polar surface area (TPSA) is 134 Å². The van der Waals surface area contributed by atoms with Gasteiger partial charge in [0.05, 0.1) is 17.6 Å². The summed E-state index contributed by atoms with van der Waals surface area (Å²) in [6.45, 7) is 7.77. The summed E-state index contributed by atoms with van der Waals surface area (Å²) >= 11 is 1.21. The first-order valence-electron chi connectivity index (χ1n) is 11.0. The third-order valence-corrected chi connectivity index (χ3v) is 6.36. The Hall–Kier alpha value is -3.47. The molecule has 3 heterocycles. The fraction of sp³-hybridized carbons (Fsp3) is 0.391. The summed E-state index contributed by atoms with van der Waals surface area (Å²) in [6.07, 6.45) is 1.74. The number of rotatable bonds is 8. The Balaban J connectivity index is 1.57. The number of nitrogens with two attached hydrogens (primary N) is 1. The number of ketones is 1. The van der Waals surface area contributed by atoms with Gasteiger partial charge in [0.1, 0.15) is 24.6 Å². The first-order valence-corrected chi connectivity index (χ1v) is 12.0. The Kier molecular flexibility index (Phi) is 6.82. The molecular formula is C23H27N5O5S. The Morgan fingerprint density at radius 2 is 1.94 bits per heavy atom. The van der Waals surface area contributed by atoms with E-state index >= 15 is 0 Å². The molecular weight excluding hydrogens is 458 g/mol. The van der Waals surface area contributed by atoms with Gasteiger partial charge in [0.15, 0.2) is 22.4 Å². The van der Waals surface area contributed by atoms with E-state index in [1.807, 2.05) is 43.5 Å². The third-order valence-electron chi connectivity index (χ3n) is 5.37. The summed E-state index contributed by atoms with van der Waals surface area (Å²) in [4.78, 5) is 44.1. The van der Waals surface area contributed by atoms with Crippen LogP contribution in [0.1, 0.15) is 31.1 Å². The molecule has 11 heteroatoms. The standard InChI is InChI=1S/C23H27N5O5S/c1-4-27-15(14-5-6-17-18(9-14)33-8-7-32-17)10-25-23(27)34-12-16(29)19-20(24)28(11-13(2)3)22(31)26-21(19)30/h5-6,9-10,13H,4,7-8,11-12,24H2,1-3H3,(H,26,30,31). The van der Waals surface area contributed by atoms with Crippen molar-refractivity contribution >= 4 is 23.4 Å². The van der Waals surface area contributed by atoms with Gasteiger partial charge < -0.3 is 19.8 Å². The lowest BCUT2D eigenvalue weighted by Crippen LogP contribution is -2.37. The number of ether oxygens (including phenoxy) is 2. The van der Waals surface area contributed by atoms with E-state index in [0.717, 1.165) is 11.3 Å². The fourth-order valence-electron chi connectivity index (χ4n) is 3.82. The molecule has 3 N–H and O–H groups in total. The van der Waals surface area contributed by atoms with Gasteiger partial charge in [0.25, 0.3) is 5.56 Å². The predicted molar refractivity (Wildman–Crippen MR) is 130 cm³/mol. The number of thioether (sulfide) groups is 1. The molecule has 180 valence electrons. The van der Waals surface area contributed by atoms with Crippen LogP contribution in [0.3, 0.4) is 0 Å². The number of aromatic amines is 1. The molecule has 0 fully saturated rings. The van der Waals surface area contributed by atoms with Crippen molar-refractivity contribution in [2.75, 3.05) is 24.7 Å². The molecule has 3 aromatic rings. The average Bonchev–Trinajstić information content (AvgIpc) is 3.22. The van der Waals surface area contributed by atoms with Crippen molar-refractivity contribution in [2.45, 2.75) is 39.0 Å². The van der Waals surface area contributed by atoms with Gasteiger partial charge >= 0.3 is 5.69 Å². The molecule has 0 atom stereocenters. The normalized spacial score (nSPS) is 12.8. The van der Waals surface area contributed by atoms with Crippen molar-refractivity contribution in [1.29, 1.82) is 0 Å². The van der Waals surface area contributed by atoms with Gasteiger partial charge in [-0.15, -0.1) is 0 Å². The molecule has 4 rings (SSSR count). The number of carbonyl (C=O) groups is 1. The maximum absolute atomic E-state index is 12.9. The van der Waals surface area contributed by atoms with Gasteiger partial charge in [-0.25, -0.2) is 9.78 Å². The monoisotopic (exact) mass is 485 g/mol. The molecule has 0 spiro atoms. The van der Waals surface area contributed by atoms with E-state index in [4.69, 9.17) is 15.2 Å².